The predicted molar refractivity (Wildman–Crippen MR) is 125 cm³/mol. The molecule has 0 radical (unpaired) electrons. The van der Waals surface area contributed by atoms with E-state index in [2.05, 4.69) is 21.7 Å². The minimum atomic E-state index is -3.12. The number of piperidine rings is 1. The average molecular weight is 450 g/mol. The zero-order valence-electron chi connectivity index (χ0n) is 18.6. The number of benzene rings is 1. The van der Waals surface area contributed by atoms with Gasteiger partial charge in [-0.3, -0.25) is 9.79 Å². The molecule has 1 aromatic rings. The van der Waals surface area contributed by atoms with Crippen molar-refractivity contribution in [2.75, 3.05) is 43.9 Å². The Labute approximate surface area is 186 Å². The van der Waals surface area contributed by atoms with Gasteiger partial charge >= 0.3 is 0 Å². The van der Waals surface area contributed by atoms with Crippen LogP contribution in [0.15, 0.2) is 29.3 Å². The second-order valence-corrected chi connectivity index (χ2v) is 10.2. The fraction of sp³-hybridized carbons (Fsp3) is 0.636. The van der Waals surface area contributed by atoms with E-state index in [1.807, 2.05) is 30.0 Å². The summed E-state index contributed by atoms with van der Waals surface area (Å²) in [5, 5.41) is 6.67. The van der Waals surface area contributed by atoms with Gasteiger partial charge in [0.05, 0.1) is 5.75 Å². The predicted octanol–water partition coefficient (Wildman–Crippen LogP) is 1.73. The molecular formula is C22H35N5O3S. The van der Waals surface area contributed by atoms with Gasteiger partial charge < -0.3 is 15.5 Å². The van der Waals surface area contributed by atoms with Crippen molar-refractivity contribution in [1.82, 2.24) is 14.9 Å². The van der Waals surface area contributed by atoms with Crippen molar-refractivity contribution >= 4 is 27.6 Å². The van der Waals surface area contributed by atoms with Crippen molar-refractivity contribution in [3.63, 3.8) is 0 Å². The fourth-order valence-electron chi connectivity index (χ4n) is 4.23. The average Bonchev–Trinajstić information content (AvgIpc) is 3.20. The molecule has 1 amide bonds. The van der Waals surface area contributed by atoms with Crippen molar-refractivity contribution in [2.24, 2.45) is 4.99 Å². The lowest BCUT2D eigenvalue weighted by molar-refractivity contribution is -0.118. The monoisotopic (exact) mass is 449 g/mol. The minimum absolute atomic E-state index is 0.162. The van der Waals surface area contributed by atoms with Crippen LogP contribution in [0.4, 0.5) is 5.69 Å². The molecule has 0 aromatic heterocycles. The number of amides is 1. The molecule has 0 aliphatic carbocycles. The molecular weight excluding hydrogens is 414 g/mol. The maximum absolute atomic E-state index is 12.6. The van der Waals surface area contributed by atoms with E-state index in [0.717, 1.165) is 37.9 Å². The zero-order valence-corrected chi connectivity index (χ0v) is 19.5. The summed E-state index contributed by atoms with van der Waals surface area (Å²) < 4.78 is 26.0. The van der Waals surface area contributed by atoms with Crippen LogP contribution in [0.5, 0.6) is 0 Å². The molecule has 2 aliphatic rings. The Balaban J connectivity index is 1.36. The highest BCUT2D eigenvalue weighted by Gasteiger charge is 2.27. The maximum Gasteiger partial charge on any atom is 0.227 e. The molecule has 8 nitrogen and oxygen atoms in total. The number of para-hydroxylation sites is 1. The Morgan fingerprint density at radius 1 is 1.19 bits per heavy atom. The summed E-state index contributed by atoms with van der Waals surface area (Å²) in [5.74, 6) is 1.08. The molecule has 2 N–H and O–H groups in total. The first-order valence-corrected chi connectivity index (χ1v) is 12.9. The first kappa shape index (κ1) is 23.5. The second kappa shape index (κ2) is 10.9. The van der Waals surface area contributed by atoms with Crippen LogP contribution in [-0.2, 0) is 21.2 Å². The zero-order chi connectivity index (χ0) is 22.3. The largest absolute Gasteiger partial charge is 0.356 e. The van der Waals surface area contributed by atoms with Gasteiger partial charge in [-0.15, -0.1) is 0 Å². The minimum Gasteiger partial charge on any atom is -0.356 e. The van der Waals surface area contributed by atoms with E-state index < -0.39 is 10.0 Å². The number of hydrogen-bond donors (Lipinski definition) is 2. The Bertz CT molecular complexity index is 879. The first-order chi connectivity index (χ1) is 14.9. The number of anilines is 1. The molecule has 172 valence electrons. The highest BCUT2D eigenvalue weighted by Crippen LogP contribution is 2.28. The third-order valence-corrected chi connectivity index (χ3v) is 8.00. The fourth-order valence-corrected chi connectivity index (χ4v) is 5.77. The number of rotatable bonds is 8. The van der Waals surface area contributed by atoms with Crippen molar-refractivity contribution < 1.29 is 13.2 Å². The Hall–Kier alpha value is -2.13. The van der Waals surface area contributed by atoms with Gasteiger partial charge in [-0.25, -0.2) is 12.7 Å². The number of carbonyl (C=O) groups is 1. The number of aliphatic imine (C=N–C) groups is 1. The molecule has 0 spiro atoms. The number of carbonyl (C=O) groups excluding carboxylic acids is 1. The molecule has 1 saturated heterocycles. The van der Waals surface area contributed by atoms with E-state index in [0.29, 0.717) is 38.4 Å². The molecule has 0 bridgehead atoms. The van der Waals surface area contributed by atoms with Gasteiger partial charge in [0, 0.05) is 51.4 Å². The lowest BCUT2D eigenvalue weighted by Crippen LogP contribution is -2.50. The number of fused-ring (bicyclic) bond motifs is 1. The Morgan fingerprint density at radius 2 is 1.94 bits per heavy atom. The van der Waals surface area contributed by atoms with Crippen LogP contribution >= 0.6 is 0 Å². The Kier molecular flexibility index (Phi) is 8.31. The quantitative estimate of drug-likeness (QED) is 0.358. The van der Waals surface area contributed by atoms with Gasteiger partial charge in [-0.1, -0.05) is 25.1 Å². The van der Waals surface area contributed by atoms with Crippen LogP contribution in [0.1, 0.15) is 44.6 Å². The van der Waals surface area contributed by atoms with Crippen molar-refractivity contribution in [3.05, 3.63) is 29.8 Å². The van der Waals surface area contributed by atoms with Crippen LogP contribution in [0.2, 0.25) is 0 Å². The summed E-state index contributed by atoms with van der Waals surface area (Å²) >= 11 is 0. The molecule has 2 heterocycles. The van der Waals surface area contributed by atoms with E-state index in [-0.39, 0.29) is 17.7 Å². The topological polar surface area (TPSA) is 94.1 Å². The molecule has 2 aliphatic heterocycles. The van der Waals surface area contributed by atoms with Crippen LogP contribution in [-0.4, -0.2) is 69.6 Å². The number of nitrogens with one attached hydrogen (secondary N) is 2. The summed E-state index contributed by atoms with van der Waals surface area (Å²) in [7, 11) is -1.39. The van der Waals surface area contributed by atoms with Gasteiger partial charge in [0.25, 0.3) is 0 Å². The number of hydrogen-bond acceptors (Lipinski definition) is 4. The van der Waals surface area contributed by atoms with Gasteiger partial charge in [0.15, 0.2) is 5.96 Å². The summed E-state index contributed by atoms with van der Waals surface area (Å²) in [5.41, 5.74) is 2.29. The molecule has 0 saturated carbocycles. The first-order valence-electron chi connectivity index (χ1n) is 11.3. The molecule has 9 heteroatoms. The molecule has 31 heavy (non-hydrogen) atoms. The van der Waals surface area contributed by atoms with E-state index in [1.54, 1.807) is 11.4 Å². The molecule has 1 fully saturated rings. The highest BCUT2D eigenvalue weighted by atomic mass is 32.2. The van der Waals surface area contributed by atoms with E-state index in [4.69, 9.17) is 0 Å². The van der Waals surface area contributed by atoms with Gasteiger partial charge in [0.1, 0.15) is 0 Å². The lowest BCUT2D eigenvalue weighted by atomic mass is 10.1. The third kappa shape index (κ3) is 6.20. The SMILES string of the molecule is CCCS(=O)(=O)N1CCC(NC(=NC)NCCCC(=O)N2CCc3ccccc32)CC1. The van der Waals surface area contributed by atoms with Crippen molar-refractivity contribution in [3.8, 4) is 0 Å². The van der Waals surface area contributed by atoms with Crippen LogP contribution in [0.3, 0.4) is 0 Å². The Morgan fingerprint density at radius 3 is 2.65 bits per heavy atom. The number of sulfonamides is 1. The molecule has 0 unspecified atom stereocenters. The van der Waals surface area contributed by atoms with Crippen LogP contribution in [0, 0.1) is 0 Å². The summed E-state index contributed by atoms with van der Waals surface area (Å²) in [6.45, 7) is 4.40. The van der Waals surface area contributed by atoms with Crippen LogP contribution < -0.4 is 15.5 Å². The molecule has 3 rings (SSSR count). The van der Waals surface area contributed by atoms with E-state index in [9.17, 15) is 13.2 Å². The highest BCUT2D eigenvalue weighted by molar-refractivity contribution is 7.89. The lowest BCUT2D eigenvalue weighted by Gasteiger charge is -2.32. The van der Waals surface area contributed by atoms with E-state index >= 15 is 0 Å². The van der Waals surface area contributed by atoms with Gasteiger partial charge in [-0.2, -0.15) is 0 Å². The molecule has 1 aromatic carbocycles. The second-order valence-electron chi connectivity index (χ2n) is 8.16. The normalized spacial score (nSPS) is 18.1. The standard InChI is InChI=1S/C22H35N5O3S/c1-3-17-31(29,30)26-14-11-19(12-15-26)25-22(23-2)24-13-6-9-21(28)27-16-10-18-7-4-5-8-20(18)27/h4-5,7-8,19H,3,6,9-17H2,1-2H3,(H2,23,24,25). The number of guanidine groups is 1. The summed E-state index contributed by atoms with van der Waals surface area (Å²) in [4.78, 5) is 18.8. The smallest absolute Gasteiger partial charge is 0.227 e. The van der Waals surface area contributed by atoms with E-state index in [1.165, 1.54) is 5.56 Å². The third-order valence-electron chi connectivity index (χ3n) is 5.92. The van der Waals surface area contributed by atoms with Crippen molar-refractivity contribution in [2.45, 2.75) is 51.5 Å². The van der Waals surface area contributed by atoms with Crippen molar-refractivity contribution in [1.29, 1.82) is 0 Å². The summed E-state index contributed by atoms with van der Waals surface area (Å²) in [6, 6.07) is 8.29. The van der Waals surface area contributed by atoms with Gasteiger partial charge in [0.2, 0.25) is 15.9 Å². The van der Waals surface area contributed by atoms with Crippen LogP contribution in [0.25, 0.3) is 0 Å². The maximum atomic E-state index is 12.6. The number of nitrogens with zero attached hydrogens (tertiary/aromatic N) is 3. The summed E-state index contributed by atoms with van der Waals surface area (Å²) in [6.07, 6.45) is 4.31. The molecule has 0 atom stereocenters. The van der Waals surface area contributed by atoms with Gasteiger partial charge in [-0.05, 0) is 43.7 Å².